The second-order valence-corrected chi connectivity index (χ2v) is 4.03. The average Bonchev–Trinajstić information content (AvgIpc) is 2.05. The molecule has 1 atom stereocenters. The van der Waals surface area contributed by atoms with Gasteiger partial charge in [0.25, 0.3) is 0 Å². The van der Waals surface area contributed by atoms with Gasteiger partial charge in [0.1, 0.15) is 5.76 Å². The van der Waals surface area contributed by atoms with Crippen LogP contribution in [0.15, 0.2) is 11.8 Å². The minimum absolute atomic E-state index is 0.205. The molecule has 12 heavy (non-hydrogen) atoms. The number of carbonyl (C=O) groups excluding carboxylic acids is 1. The standard InChI is InChI=1S/C9H14O2S/c1-7(10)11-8-3-5-9(12-2)6-4-8/h3,9H,4-6H2,1-2H3. The van der Waals surface area contributed by atoms with Gasteiger partial charge in [-0.2, -0.15) is 11.8 Å². The molecule has 0 aromatic carbocycles. The molecule has 1 rings (SSSR count). The molecule has 0 aliphatic heterocycles. The van der Waals surface area contributed by atoms with Crippen molar-refractivity contribution in [2.75, 3.05) is 6.26 Å². The van der Waals surface area contributed by atoms with E-state index in [9.17, 15) is 4.79 Å². The van der Waals surface area contributed by atoms with Crippen LogP contribution in [0.4, 0.5) is 0 Å². The zero-order valence-corrected chi connectivity index (χ0v) is 8.32. The monoisotopic (exact) mass is 186 g/mol. The molecule has 1 aliphatic carbocycles. The predicted octanol–water partition coefficient (Wildman–Crippen LogP) is 2.35. The number of thioether (sulfide) groups is 1. The topological polar surface area (TPSA) is 26.3 Å². The lowest BCUT2D eigenvalue weighted by molar-refractivity contribution is -0.137. The lowest BCUT2D eigenvalue weighted by Gasteiger charge is -2.18. The molecule has 0 aromatic rings. The number of carbonyl (C=O) groups is 1. The fraction of sp³-hybridized carbons (Fsp3) is 0.667. The average molecular weight is 186 g/mol. The largest absolute Gasteiger partial charge is 0.432 e. The van der Waals surface area contributed by atoms with E-state index >= 15 is 0 Å². The van der Waals surface area contributed by atoms with E-state index < -0.39 is 0 Å². The lowest BCUT2D eigenvalue weighted by Crippen LogP contribution is -2.10. The van der Waals surface area contributed by atoms with Crippen molar-refractivity contribution in [3.05, 3.63) is 11.8 Å². The molecule has 0 spiro atoms. The van der Waals surface area contributed by atoms with Crippen molar-refractivity contribution in [3.8, 4) is 0 Å². The molecule has 0 N–H and O–H groups in total. The molecular formula is C9H14O2S. The summed E-state index contributed by atoms with van der Waals surface area (Å²) in [5.74, 6) is 0.650. The molecule has 0 bridgehead atoms. The Bertz CT molecular complexity index is 199. The first-order valence-electron chi connectivity index (χ1n) is 4.12. The van der Waals surface area contributed by atoms with Gasteiger partial charge in [-0.05, 0) is 25.2 Å². The van der Waals surface area contributed by atoms with Crippen molar-refractivity contribution in [2.45, 2.75) is 31.4 Å². The van der Waals surface area contributed by atoms with Crippen molar-refractivity contribution >= 4 is 17.7 Å². The van der Waals surface area contributed by atoms with Crippen molar-refractivity contribution < 1.29 is 9.53 Å². The van der Waals surface area contributed by atoms with Crippen LogP contribution in [-0.2, 0) is 9.53 Å². The smallest absolute Gasteiger partial charge is 0.307 e. The minimum Gasteiger partial charge on any atom is -0.432 e. The summed E-state index contributed by atoms with van der Waals surface area (Å²) in [6, 6.07) is 0. The summed E-state index contributed by atoms with van der Waals surface area (Å²) in [6.45, 7) is 1.45. The van der Waals surface area contributed by atoms with Gasteiger partial charge < -0.3 is 4.74 Å². The quantitative estimate of drug-likeness (QED) is 0.619. The minimum atomic E-state index is -0.205. The Morgan fingerprint density at radius 1 is 1.75 bits per heavy atom. The Morgan fingerprint density at radius 2 is 2.50 bits per heavy atom. The van der Waals surface area contributed by atoms with Crippen LogP contribution in [0, 0.1) is 0 Å². The van der Waals surface area contributed by atoms with E-state index in [0.29, 0.717) is 5.25 Å². The fourth-order valence-corrected chi connectivity index (χ4v) is 1.92. The van der Waals surface area contributed by atoms with Crippen LogP contribution in [0.3, 0.4) is 0 Å². The molecule has 0 radical (unpaired) electrons. The van der Waals surface area contributed by atoms with E-state index in [1.54, 1.807) is 0 Å². The van der Waals surface area contributed by atoms with Gasteiger partial charge in [-0.25, -0.2) is 0 Å². The van der Waals surface area contributed by atoms with Crippen molar-refractivity contribution in [3.63, 3.8) is 0 Å². The second-order valence-electron chi connectivity index (χ2n) is 2.90. The number of allylic oxidation sites excluding steroid dienone is 2. The number of esters is 1. The van der Waals surface area contributed by atoms with Crippen molar-refractivity contribution in [1.82, 2.24) is 0 Å². The molecule has 0 fully saturated rings. The molecule has 1 unspecified atom stereocenters. The zero-order valence-electron chi connectivity index (χ0n) is 7.50. The first kappa shape index (κ1) is 9.65. The van der Waals surface area contributed by atoms with Crippen molar-refractivity contribution in [2.24, 2.45) is 0 Å². The van der Waals surface area contributed by atoms with E-state index in [0.717, 1.165) is 25.0 Å². The highest BCUT2D eigenvalue weighted by Crippen LogP contribution is 2.26. The third kappa shape index (κ3) is 2.89. The number of ether oxygens (including phenoxy) is 1. The van der Waals surface area contributed by atoms with Crippen LogP contribution in [0.5, 0.6) is 0 Å². The number of hydrogen-bond donors (Lipinski definition) is 0. The molecule has 3 heteroatoms. The van der Waals surface area contributed by atoms with E-state index in [-0.39, 0.29) is 5.97 Å². The maximum absolute atomic E-state index is 10.6. The zero-order chi connectivity index (χ0) is 8.97. The Kier molecular flexibility index (Phi) is 3.66. The van der Waals surface area contributed by atoms with Gasteiger partial charge in [0, 0.05) is 18.6 Å². The summed E-state index contributed by atoms with van der Waals surface area (Å²) >= 11 is 1.88. The Balaban J connectivity index is 2.39. The summed E-state index contributed by atoms with van der Waals surface area (Å²) < 4.78 is 5.00. The van der Waals surface area contributed by atoms with Crippen LogP contribution < -0.4 is 0 Å². The Hall–Kier alpha value is -0.440. The van der Waals surface area contributed by atoms with E-state index in [1.807, 2.05) is 17.8 Å². The van der Waals surface area contributed by atoms with Gasteiger partial charge in [-0.15, -0.1) is 0 Å². The molecule has 68 valence electrons. The van der Waals surface area contributed by atoms with Gasteiger partial charge >= 0.3 is 5.97 Å². The first-order valence-corrected chi connectivity index (χ1v) is 5.41. The highest BCUT2D eigenvalue weighted by molar-refractivity contribution is 7.99. The third-order valence-electron chi connectivity index (χ3n) is 1.93. The summed E-state index contributed by atoms with van der Waals surface area (Å²) in [7, 11) is 0. The fourth-order valence-electron chi connectivity index (χ4n) is 1.28. The summed E-state index contributed by atoms with van der Waals surface area (Å²) in [6.07, 6.45) is 7.22. The molecular weight excluding hydrogens is 172 g/mol. The van der Waals surface area contributed by atoms with E-state index in [4.69, 9.17) is 4.74 Å². The lowest BCUT2D eigenvalue weighted by atomic mass is 10.1. The van der Waals surface area contributed by atoms with Crippen LogP contribution in [-0.4, -0.2) is 17.5 Å². The van der Waals surface area contributed by atoms with Crippen LogP contribution >= 0.6 is 11.8 Å². The maximum atomic E-state index is 10.6. The first-order chi connectivity index (χ1) is 5.72. The highest BCUT2D eigenvalue weighted by Gasteiger charge is 2.14. The van der Waals surface area contributed by atoms with Gasteiger partial charge in [0.15, 0.2) is 0 Å². The van der Waals surface area contributed by atoms with Gasteiger partial charge in [0.05, 0.1) is 0 Å². The van der Waals surface area contributed by atoms with Gasteiger partial charge in [-0.1, -0.05) is 0 Å². The summed E-state index contributed by atoms with van der Waals surface area (Å²) in [4.78, 5) is 10.6. The summed E-state index contributed by atoms with van der Waals surface area (Å²) in [5, 5.41) is 0.712. The SMILES string of the molecule is CSC1CC=C(OC(C)=O)CC1. The van der Waals surface area contributed by atoms with Crippen molar-refractivity contribution in [1.29, 1.82) is 0 Å². The molecule has 2 nitrogen and oxygen atoms in total. The van der Waals surface area contributed by atoms with Crippen LogP contribution in [0.1, 0.15) is 26.2 Å². The van der Waals surface area contributed by atoms with Crippen LogP contribution in [0.25, 0.3) is 0 Å². The van der Waals surface area contributed by atoms with Gasteiger partial charge in [-0.3, -0.25) is 4.79 Å². The maximum Gasteiger partial charge on any atom is 0.307 e. The molecule has 1 aliphatic rings. The molecule has 0 saturated carbocycles. The second kappa shape index (κ2) is 4.55. The van der Waals surface area contributed by atoms with Crippen LogP contribution in [0.2, 0.25) is 0 Å². The molecule has 0 heterocycles. The highest BCUT2D eigenvalue weighted by atomic mass is 32.2. The Labute approximate surface area is 77.4 Å². The number of hydrogen-bond acceptors (Lipinski definition) is 3. The predicted molar refractivity (Wildman–Crippen MR) is 51.0 cm³/mol. The third-order valence-corrected chi connectivity index (χ3v) is 3.02. The van der Waals surface area contributed by atoms with E-state index in [1.165, 1.54) is 6.92 Å². The molecule has 0 saturated heterocycles. The van der Waals surface area contributed by atoms with E-state index in [2.05, 4.69) is 6.26 Å². The summed E-state index contributed by atoms with van der Waals surface area (Å²) in [5.41, 5.74) is 0. The Morgan fingerprint density at radius 3 is 2.92 bits per heavy atom. The normalized spacial score (nSPS) is 23.2. The molecule has 0 amide bonds. The molecule has 0 aromatic heterocycles. The van der Waals surface area contributed by atoms with Gasteiger partial charge in [0.2, 0.25) is 0 Å². The number of rotatable bonds is 2.